The highest BCUT2D eigenvalue weighted by Crippen LogP contribution is 2.21. The SMILES string of the molecule is Cc1ccc2c(CNC3CCCC3)c[nH]c2c1. The number of hydrogen-bond donors (Lipinski definition) is 2. The summed E-state index contributed by atoms with van der Waals surface area (Å²) < 4.78 is 0. The van der Waals surface area contributed by atoms with Gasteiger partial charge in [0, 0.05) is 29.7 Å². The molecule has 2 heteroatoms. The minimum Gasteiger partial charge on any atom is -0.361 e. The highest BCUT2D eigenvalue weighted by molar-refractivity contribution is 5.83. The first-order valence-electron chi connectivity index (χ1n) is 6.63. The van der Waals surface area contributed by atoms with Crippen molar-refractivity contribution < 1.29 is 0 Å². The molecular weight excluding hydrogens is 208 g/mol. The van der Waals surface area contributed by atoms with Crippen molar-refractivity contribution in [3.63, 3.8) is 0 Å². The van der Waals surface area contributed by atoms with Crippen LogP contribution in [0.15, 0.2) is 24.4 Å². The molecule has 0 radical (unpaired) electrons. The first kappa shape index (κ1) is 10.8. The van der Waals surface area contributed by atoms with Gasteiger partial charge in [-0.25, -0.2) is 0 Å². The van der Waals surface area contributed by atoms with Gasteiger partial charge >= 0.3 is 0 Å². The maximum absolute atomic E-state index is 3.67. The molecule has 0 atom stereocenters. The molecule has 1 aromatic carbocycles. The van der Waals surface area contributed by atoms with Crippen molar-refractivity contribution in [1.82, 2.24) is 10.3 Å². The second-order valence-corrected chi connectivity index (χ2v) is 5.23. The normalized spacial score (nSPS) is 17.0. The Kier molecular flexibility index (Phi) is 2.89. The van der Waals surface area contributed by atoms with Crippen LogP contribution < -0.4 is 5.32 Å². The molecule has 1 aromatic heterocycles. The molecule has 2 aromatic rings. The number of benzene rings is 1. The fourth-order valence-electron chi connectivity index (χ4n) is 2.83. The Morgan fingerprint density at radius 2 is 2.12 bits per heavy atom. The van der Waals surface area contributed by atoms with E-state index >= 15 is 0 Å². The van der Waals surface area contributed by atoms with Crippen molar-refractivity contribution in [3.05, 3.63) is 35.5 Å². The molecule has 1 fully saturated rings. The van der Waals surface area contributed by atoms with E-state index in [2.05, 4.69) is 41.6 Å². The Balaban J connectivity index is 1.76. The number of fused-ring (bicyclic) bond motifs is 1. The lowest BCUT2D eigenvalue weighted by atomic mass is 10.1. The summed E-state index contributed by atoms with van der Waals surface area (Å²) in [4.78, 5) is 3.36. The van der Waals surface area contributed by atoms with Gasteiger partial charge in [0.1, 0.15) is 0 Å². The molecule has 1 heterocycles. The second kappa shape index (κ2) is 4.53. The first-order chi connectivity index (χ1) is 8.33. The van der Waals surface area contributed by atoms with E-state index in [1.807, 2.05) is 0 Å². The van der Waals surface area contributed by atoms with Gasteiger partial charge in [0.05, 0.1) is 0 Å². The molecule has 1 aliphatic carbocycles. The molecule has 3 rings (SSSR count). The van der Waals surface area contributed by atoms with Crippen LogP contribution in [-0.2, 0) is 6.54 Å². The molecular formula is C15H20N2. The molecule has 0 aliphatic heterocycles. The zero-order valence-corrected chi connectivity index (χ0v) is 10.4. The lowest BCUT2D eigenvalue weighted by Crippen LogP contribution is -2.25. The number of rotatable bonds is 3. The number of aromatic amines is 1. The minimum absolute atomic E-state index is 0.741. The van der Waals surface area contributed by atoms with Crippen molar-refractivity contribution in [2.75, 3.05) is 0 Å². The molecule has 1 aliphatic rings. The van der Waals surface area contributed by atoms with Gasteiger partial charge in [0.25, 0.3) is 0 Å². The zero-order valence-electron chi connectivity index (χ0n) is 10.4. The summed E-state index contributed by atoms with van der Waals surface area (Å²) in [5.74, 6) is 0. The third-order valence-electron chi connectivity index (χ3n) is 3.86. The predicted molar refractivity (Wildman–Crippen MR) is 72.1 cm³/mol. The molecule has 0 amide bonds. The van der Waals surface area contributed by atoms with Gasteiger partial charge in [-0.1, -0.05) is 25.0 Å². The van der Waals surface area contributed by atoms with Crippen LogP contribution in [0.2, 0.25) is 0 Å². The van der Waals surface area contributed by atoms with Gasteiger partial charge in [-0.05, 0) is 37.0 Å². The van der Waals surface area contributed by atoms with E-state index in [4.69, 9.17) is 0 Å². The highest BCUT2D eigenvalue weighted by atomic mass is 14.9. The summed E-state index contributed by atoms with van der Waals surface area (Å²) in [6, 6.07) is 7.38. The van der Waals surface area contributed by atoms with E-state index in [1.165, 1.54) is 47.7 Å². The molecule has 2 nitrogen and oxygen atoms in total. The molecule has 0 saturated heterocycles. The number of H-pyrrole nitrogens is 1. The highest BCUT2D eigenvalue weighted by Gasteiger charge is 2.14. The molecule has 0 unspecified atom stereocenters. The molecule has 0 spiro atoms. The summed E-state index contributed by atoms with van der Waals surface area (Å²) >= 11 is 0. The fraction of sp³-hybridized carbons (Fsp3) is 0.467. The Morgan fingerprint density at radius 3 is 2.94 bits per heavy atom. The van der Waals surface area contributed by atoms with Crippen molar-refractivity contribution >= 4 is 10.9 Å². The van der Waals surface area contributed by atoms with Crippen LogP contribution in [0.4, 0.5) is 0 Å². The van der Waals surface area contributed by atoms with E-state index in [-0.39, 0.29) is 0 Å². The van der Waals surface area contributed by atoms with Gasteiger partial charge < -0.3 is 10.3 Å². The zero-order chi connectivity index (χ0) is 11.7. The summed E-state index contributed by atoms with van der Waals surface area (Å²) in [7, 11) is 0. The Morgan fingerprint density at radius 1 is 1.29 bits per heavy atom. The monoisotopic (exact) mass is 228 g/mol. The lowest BCUT2D eigenvalue weighted by Gasteiger charge is -2.10. The average Bonchev–Trinajstić information content (AvgIpc) is 2.94. The first-order valence-corrected chi connectivity index (χ1v) is 6.63. The summed E-state index contributed by atoms with van der Waals surface area (Å²) in [6.45, 7) is 3.13. The fourth-order valence-corrected chi connectivity index (χ4v) is 2.83. The number of nitrogens with one attached hydrogen (secondary N) is 2. The second-order valence-electron chi connectivity index (χ2n) is 5.23. The third kappa shape index (κ3) is 2.22. The third-order valence-corrected chi connectivity index (χ3v) is 3.86. The maximum Gasteiger partial charge on any atom is 0.0459 e. The maximum atomic E-state index is 3.67. The van der Waals surface area contributed by atoms with E-state index in [9.17, 15) is 0 Å². The number of hydrogen-bond acceptors (Lipinski definition) is 1. The lowest BCUT2D eigenvalue weighted by molar-refractivity contribution is 0.525. The van der Waals surface area contributed by atoms with E-state index in [1.54, 1.807) is 0 Å². The van der Waals surface area contributed by atoms with Crippen molar-refractivity contribution in [2.45, 2.75) is 45.2 Å². The van der Waals surface area contributed by atoms with Gasteiger partial charge in [0.2, 0.25) is 0 Å². The van der Waals surface area contributed by atoms with Crippen LogP contribution in [0.1, 0.15) is 36.8 Å². The number of aryl methyl sites for hydroxylation is 1. The van der Waals surface area contributed by atoms with Gasteiger partial charge in [-0.3, -0.25) is 0 Å². The van der Waals surface area contributed by atoms with Gasteiger partial charge in [0.15, 0.2) is 0 Å². The van der Waals surface area contributed by atoms with Crippen LogP contribution in [0.25, 0.3) is 10.9 Å². The van der Waals surface area contributed by atoms with Crippen molar-refractivity contribution in [3.8, 4) is 0 Å². The molecule has 17 heavy (non-hydrogen) atoms. The van der Waals surface area contributed by atoms with E-state index in [0.717, 1.165) is 12.6 Å². The topological polar surface area (TPSA) is 27.8 Å². The molecule has 1 saturated carbocycles. The van der Waals surface area contributed by atoms with Crippen LogP contribution in [0, 0.1) is 6.92 Å². The summed E-state index contributed by atoms with van der Waals surface area (Å²) in [5, 5.41) is 5.03. The number of aromatic nitrogens is 1. The van der Waals surface area contributed by atoms with Gasteiger partial charge in [-0.15, -0.1) is 0 Å². The Labute approximate surface area is 102 Å². The standard InChI is InChI=1S/C15H20N2/c1-11-6-7-14-12(10-17-15(14)8-11)9-16-13-4-2-3-5-13/h6-8,10,13,16-17H,2-5,9H2,1H3. The summed E-state index contributed by atoms with van der Waals surface area (Å²) in [6.07, 6.45) is 7.63. The average molecular weight is 228 g/mol. The Bertz CT molecular complexity index is 507. The van der Waals surface area contributed by atoms with Crippen LogP contribution in [-0.4, -0.2) is 11.0 Å². The molecule has 0 bridgehead atoms. The molecule has 90 valence electrons. The van der Waals surface area contributed by atoms with Crippen LogP contribution in [0.5, 0.6) is 0 Å². The summed E-state index contributed by atoms with van der Waals surface area (Å²) in [5.41, 5.74) is 3.97. The molecule has 2 N–H and O–H groups in total. The van der Waals surface area contributed by atoms with E-state index < -0.39 is 0 Å². The largest absolute Gasteiger partial charge is 0.361 e. The minimum atomic E-state index is 0.741. The van der Waals surface area contributed by atoms with Crippen LogP contribution >= 0.6 is 0 Å². The van der Waals surface area contributed by atoms with E-state index in [0.29, 0.717) is 0 Å². The van der Waals surface area contributed by atoms with Crippen molar-refractivity contribution in [1.29, 1.82) is 0 Å². The smallest absolute Gasteiger partial charge is 0.0459 e. The predicted octanol–water partition coefficient (Wildman–Crippen LogP) is 3.51. The van der Waals surface area contributed by atoms with Crippen LogP contribution in [0.3, 0.4) is 0 Å². The van der Waals surface area contributed by atoms with Crippen molar-refractivity contribution in [2.24, 2.45) is 0 Å². The quantitative estimate of drug-likeness (QED) is 0.826. The van der Waals surface area contributed by atoms with Gasteiger partial charge in [-0.2, -0.15) is 0 Å². The Hall–Kier alpha value is -1.28.